The van der Waals surface area contributed by atoms with E-state index >= 15 is 0 Å². The van der Waals surface area contributed by atoms with Crippen molar-refractivity contribution in [1.82, 2.24) is 4.90 Å². The van der Waals surface area contributed by atoms with Gasteiger partial charge in [-0.05, 0) is 26.8 Å². The van der Waals surface area contributed by atoms with Crippen LogP contribution in [0.5, 0.6) is 0 Å². The summed E-state index contributed by atoms with van der Waals surface area (Å²) in [5, 5.41) is 9.79. The number of carbonyl (C=O) groups excluding carboxylic acids is 1. The Balaban J connectivity index is 2.37. The van der Waals surface area contributed by atoms with Gasteiger partial charge in [-0.25, -0.2) is 0 Å². The molecule has 15 heavy (non-hydrogen) atoms. The standard InChI is InChI=1S/C11H21NO3/c1-3-15-11(14)8-12(2)9-6-4-5-7-10(9)13/h9-10,13H,3-8H2,1-2H3. The van der Waals surface area contributed by atoms with E-state index in [0.717, 1.165) is 25.7 Å². The second-order valence-corrected chi connectivity index (χ2v) is 4.14. The molecule has 1 saturated carbocycles. The highest BCUT2D eigenvalue weighted by Crippen LogP contribution is 2.22. The molecular weight excluding hydrogens is 194 g/mol. The summed E-state index contributed by atoms with van der Waals surface area (Å²) in [7, 11) is 1.87. The first-order valence-corrected chi connectivity index (χ1v) is 5.69. The molecule has 0 aliphatic heterocycles. The third kappa shape index (κ3) is 3.80. The molecule has 4 nitrogen and oxygen atoms in total. The third-order valence-corrected chi connectivity index (χ3v) is 2.94. The average molecular weight is 215 g/mol. The third-order valence-electron chi connectivity index (χ3n) is 2.94. The monoisotopic (exact) mass is 215 g/mol. The molecule has 2 unspecified atom stereocenters. The van der Waals surface area contributed by atoms with E-state index in [9.17, 15) is 9.90 Å². The fourth-order valence-corrected chi connectivity index (χ4v) is 2.13. The molecule has 0 aromatic rings. The Morgan fingerprint density at radius 2 is 2.13 bits per heavy atom. The highest BCUT2D eigenvalue weighted by atomic mass is 16.5. The fourth-order valence-electron chi connectivity index (χ4n) is 2.13. The molecule has 1 rings (SSSR count). The number of likely N-dealkylation sites (N-methyl/N-ethyl adjacent to an activating group) is 1. The van der Waals surface area contributed by atoms with Crippen molar-refractivity contribution in [1.29, 1.82) is 0 Å². The molecule has 0 amide bonds. The minimum absolute atomic E-state index is 0.114. The molecular formula is C11H21NO3. The first kappa shape index (κ1) is 12.5. The van der Waals surface area contributed by atoms with Crippen molar-refractivity contribution >= 4 is 5.97 Å². The highest BCUT2D eigenvalue weighted by molar-refractivity contribution is 5.71. The van der Waals surface area contributed by atoms with Crippen LogP contribution in [-0.2, 0) is 9.53 Å². The van der Waals surface area contributed by atoms with Gasteiger partial charge in [-0.1, -0.05) is 12.8 Å². The summed E-state index contributed by atoms with van der Waals surface area (Å²) >= 11 is 0. The number of hydrogen-bond donors (Lipinski definition) is 1. The normalized spacial score (nSPS) is 26.7. The van der Waals surface area contributed by atoms with Gasteiger partial charge in [0.2, 0.25) is 0 Å². The summed E-state index contributed by atoms with van der Waals surface area (Å²) in [6, 6.07) is 0.114. The second-order valence-electron chi connectivity index (χ2n) is 4.14. The predicted molar refractivity (Wildman–Crippen MR) is 57.5 cm³/mol. The van der Waals surface area contributed by atoms with E-state index in [1.165, 1.54) is 0 Å². The lowest BCUT2D eigenvalue weighted by Gasteiger charge is -2.34. The van der Waals surface area contributed by atoms with Crippen molar-refractivity contribution in [3.05, 3.63) is 0 Å². The Morgan fingerprint density at radius 3 is 2.73 bits per heavy atom. The van der Waals surface area contributed by atoms with Gasteiger partial charge >= 0.3 is 5.97 Å². The molecule has 0 spiro atoms. The Kier molecular flexibility index (Phi) is 5.05. The van der Waals surface area contributed by atoms with Crippen molar-refractivity contribution in [3.8, 4) is 0 Å². The Morgan fingerprint density at radius 1 is 1.47 bits per heavy atom. The number of hydrogen-bond acceptors (Lipinski definition) is 4. The van der Waals surface area contributed by atoms with Crippen LogP contribution in [-0.4, -0.2) is 48.3 Å². The number of ether oxygens (including phenoxy) is 1. The van der Waals surface area contributed by atoms with Gasteiger partial charge in [0.15, 0.2) is 0 Å². The second kappa shape index (κ2) is 6.08. The van der Waals surface area contributed by atoms with Crippen LogP contribution < -0.4 is 0 Å². The van der Waals surface area contributed by atoms with E-state index < -0.39 is 0 Å². The summed E-state index contributed by atoms with van der Waals surface area (Å²) in [6.07, 6.45) is 3.74. The number of carbonyl (C=O) groups is 1. The van der Waals surface area contributed by atoms with Crippen molar-refractivity contribution in [2.75, 3.05) is 20.2 Å². The maximum absolute atomic E-state index is 11.3. The molecule has 2 atom stereocenters. The van der Waals surface area contributed by atoms with E-state index in [0.29, 0.717) is 6.61 Å². The molecule has 0 radical (unpaired) electrons. The Hall–Kier alpha value is -0.610. The van der Waals surface area contributed by atoms with Crippen molar-refractivity contribution < 1.29 is 14.6 Å². The quantitative estimate of drug-likeness (QED) is 0.704. The molecule has 1 aliphatic carbocycles. The van der Waals surface area contributed by atoms with E-state index in [4.69, 9.17) is 4.74 Å². The van der Waals surface area contributed by atoms with Crippen LogP contribution in [0, 0.1) is 0 Å². The first-order valence-electron chi connectivity index (χ1n) is 5.69. The zero-order chi connectivity index (χ0) is 11.3. The largest absolute Gasteiger partial charge is 0.465 e. The van der Waals surface area contributed by atoms with Crippen LogP contribution in [0.1, 0.15) is 32.6 Å². The number of rotatable bonds is 4. The molecule has 88 valence electrons. The maximum atomic E-state index is 11.3. The van der Waals surface area contributed by atoms with Crippen molar-refractivity contribution in [2.24, 2.45) is 0 Å². The lowest BCUT2D eigenvalue weighted by Crippen LogP contribution is -2.45. The average Bonchev–Trinajstić information content (AvgIpc) is 2.18. The lowest BCUT2D eigenvalue weighted by molar-refractivity contribution is -0.145. The highest BCUT2D eigenvalue weighted by Gasteiger charge is 2.27. The topological polar surface area (TPSA) is 49.8 Å². The van der Waals surface area contributed by atoms with Gasteiger partial charge in [0.1, 0.15) is 0 Å². The van der Waals surface area contributed by atoms with Gasteiger partial charge in [-0.2, -0.15) is 0 Å². The van der Waals surface area contributed by atoms with Crippen LogP contribution in [0.25, 0.3) is 0 Å². The Bertz CT molecular complexity index is 208. The van der Waals surface area contributed by atoms with E-state index in [-0.39, 0.29) is 24.7 Å². The van der Waals surface area contributed by atoms with Gasteiger partial charge in [0.05, 0.1) is 19.3 Å². The zero-order valence-corrected chi connectivity index (χ0v) is 9.61. The minimum Gasteiger partial charge on any atom is -0.465 e. The van der Waals surface area contributed by atoms with Crippen LogP contribution >= 0.6 is 0 Å². The van der Waals surface area contributed by atoms with Crippen LogP contribution in [0.3, 0.4) is 0 Å². The predicted octanol–water partition coefficient (Wildman–Crippen LogP) is 0.785. The van der Waals surface area contributed by atoms with Gasteiger partial charge in [0, 0.05) is 6.04 Å². The summed E-state index contributed by atoms with van der Waals surface area (Å²) < 4.78 is 4.88. The van der Waals surface area contributed by atoms with Gasteiger partial charge in [-0.15, -0.1) is 0 Å². The van der Waals surface area contributed by atoms with E-state index in [1.807, 2.05) is 11.9 Å². The van der Waals surface area contributed by atoms with Gasteiger partial charge in [-0.3, -0.25) is 9.69 Å². The van der Waals surface area contributed by atoms with E-state index in [2.05, 4.69) is 0 Å². The zero-order valence-electron chi connectivity index (χ0n) is 9.61. The smallest absolute Gasteiger partial charge is 0.320 e. The molecule has 1 aliphatic rings. The first-order chi connectivity index (χ1) is 7.15. The molecule has 0 saturated heterocycles. The Labute approximate surface area is 91.2 Å². The van der Waals surface area contributed by atoms with Gasteiger partial charge < -0.3 is 9.84 Å². The van der Waals surface area contributed by atoms with Crippen LogP contribution in [0.2, 0.25) is 0 Å². The van der Waals surface area contributed by atoms with Crippen LogP contribution in [0.15, 0.2) is 0 Å². The van der Waals surface area contributed by atoms with E-state index in [1.54, 1.807) is 6.92 Å². The summed E-state index contributed by atoms with van der Waals surface area (Å²) in [5.74, 6) is -0.210. The summed E-state index contributed by atoms with van der Waals surface area (Å²) in [6.45, 7) is 2.49. The molecule has 1 fully saturated rings. The number of nitrogens with zero attached hydrogens (tertiary/aromatic N) is 1. The molecule has 0 aromatic heterocycles. The van der Waals surface area contributed by atoms with Crippen molar-refractivity contribution in [2.45, 2.75) is 44.8 Å². The maximum Gasteiger partial charge on any atom is 0.320 e. The van der Waals surface area contributed by atoms with Gasteiger partial charge in [0.25, 0.3) is 0 Å². The van der Waals surface area contributed by atoms with Crippen LogP contribution in [0.4, 0.5) is 0 Å². The summed E-state index contributed by atoms with van der Waals surface area (Å²) in [5.41, 5.74) is 0. The fraction of sp³-hybridized carbons (Fsp3) is 0.909. The number of esters is 1. The molecule has 1 N–H and O–H groups in total. The lowest BCUT2D eigenvalue weighted by atomic mass is 9.92. The minimum atomic E-state index is -0.293. The molecule has 0 aromatic carbocycles. The SMILES string of the molecule is CCOC(=O)CN(C)C1CCCCC1O. The number of aliphatic hydroxyl groups is 1. The molecule has 0 heterocycles. The molecule has 4 heteroatoms. The number of aliphatic hydroxyl groups excluding tert-OH is 1. The summed E-state index contributed by atoms with van der Waals surface area (Å²) in [4.78, 5) is 13.2. The molecule has 0 bridgehead atoms. The van der Waals surface area contributed by atoms with Crippen molar-refractivity contribution in [3.63, 3.8) is 0 Å².